The van der Waals surface area contributed by atoms with Crippen LogP contribution in [0.5, 0.6) is 0 Å². The molecule has 0 aliphatic rings. The predicted octanol–water partition coefficient (Wildman–Crippen LogP) is 2.65. The van der Waals surface area contributed by atoms with Crippen LogP contribution in [-0.2, 0) is 9.47 Å². The molecule has 16 heavy (non-hydrogen) atoms. The Morgan fingerprint density at radius 3 is 2.31 bits per heavy atom. The van der Waals surface area contributed by atoms with Gasteiger partial charge < -0.3 is 10.8 Å². The van der Waals surface area contributed by atoms with Gasteiger partial charge in [0.25, 0.3) is 5.92 Å². The number of nitrogens with two attached hydrogens (primary N) is 1. The third kappa shape index (κ3) is 2.70. The van der Waals surface area contributed by atoms with Crippen molar-refractivity contribution < 1.29 is 13.9 Å². The molecule has 3 N–H and O–H groups in total. The second-order valence-electron chi connectivity index (χ2n) is 3.92. The van der Waals surface area contributed by atoms with Crippen molar-refractivity contribution in [3.05, 3.63) is 34.9 Å². The molecule has 0 saturated heterocycles. The molecule has 0 aromatic heterocycles. The van der Waals surface area contributed by atoms with Crippen LogP contribution in [0.4, 0.5) is 8.78 Å². The maximum Gasteiger partial charge on any atom is 0.296 e. The standard InChI is InChI=1S/C11H14F2INO/c1-7-8(10(2,14)15)4-3-5-9(7)11(12,13)6-16/h3-5,16H,6,15H2,1-2H3. The summed E-state index contributed by atoms with van der Waals surface area (Å²) < 4.78 is 26.1. The van der Waals surface area contributed by atoms with Crippen LogP contribution in [-0.4, -0.2) is 11.7 Å². The van der Waals surface area contributed by atoms with Crippen LogP contribution >= 0.6 is 22.6 Å². The quantitative estimate of drug-likeness (QED) is 0.504. The van der Waals surface area contributed by atoms with E-state index in [1.54, 1.807) is 19.9 Å². The Kier molecular flexibility index (Phi) is 3.91. The summed E-state index contributed by atoms with van der Waals surface area (Å²) in [6, 6.07) is 4.57. The average Bonchev–Trinajstić information content (AvgIpc) is 2.16. The molecule has 0 amide bonds. The normalized spacial score (nSPS) is 15.9. The van der Waals surface area contributed by atoms with Gasteiger partial charge in [0.15, 0.2) is 0 Å². The van der Waals surface area contributed by atoms with Gasteiger partial charge in [0, 0.05) is 5.56 Å². The maximum atomic E-state index is 13.4. The lowest BCUT2D eigenvalue weighted by Crippen LogP contribution is -2.28. The fourth-order valence-corrected chi connectivity index (χ4v) is 2.23. The smallest absolute Gasteiger partial charge is 0.296 e. The van der Waals surface area contributed by atoms with Gasteiger partial charge in [0.1, 0.15) is 6.61 Å². The zero-order chi connectivity index (χ0) is 12.6. The average molecular weight is 341 g/mol. The lowest BCUT2D eigenvalue weighted by atomic mass is 9.95. The highest BCUT2D eigenvalue weighted by Gasteiger charge is 2.34. The van der Waals surface area contributed by atoms with Crippen LogP contribution in [0, 0.1) is 6.92 Å². The van der Waals surface area contributed by atoms with E-state index in [-0.39, 0.29) is 5.56 Å². The van der Waals surface area contributed by atoms with Crippen LogP contribution in [0.2, 0.25) is 0 Å². The van der Waals surface area contributed by atoms with Gasteiger partial charge in [-0.1, -0.05) is 40.8 Å². The number of benzene rings is 1. The molecule has 2 nitrogen and oxygen atoms in total. The molecule has 0 saturated carbocycles. The first-order valence-corrected chi connectivity index (χ1v) is 5.85. The maximum absolute atomic E-state index is 13.4. The van der Waals surface area contributed by atoms with Crippen molar-refractivity contribution >= 4 is 22.6 Å². The van der Waals surface area contributed by atoms with Gasteiger partial charge in [-0.15, -0.1) is 0 Å². The Bertz CT molecular complexity index is 388. The number of rotatable bonds is 3. The van der Waals surface area contributed by atoms with E-state index in [1.165, 1.54) is 12.1 Å². The number of aliphatic hydroxyl groups excluding tert-OH is 1. The molecule has 0 aliphatic heterocycles. The summed E-state index contributed by atoms with van der Waals surface area (Å²) in [7, 11) is 0. The third-order valence-electron chi connectivity index (χ3n) is 2.45. The van der Waals surface area contributed by atoms with Crippen LogP contribution < -0.4 is 5.73 Å². The largest absolute Gasteiger partial charge is 0.390 e. The molecule has 90 valence electrons. The molecule has 1 aromatic carbocycles. The van der Waals surface area contributed by atoms with Gasteiger partial charge in [-0.2, -0.15) is 8.78 Å². The summed E-state index contributed by atoms with van der Waals surface area (Å²) in [5, 5.41) is 8.68. The summed E-state index contributed by atoms with van der Waals surface area (Å²) in [4.78, 5) is 0. The molecule has 1 aromatic rings. The summed E-state index contributed by atoms with van der Waals surface area (Å²) in [5.74, 6) is -3.22. The summed E-state index contributed by atoms with van der Waals surface area (Å²) in [6.07, 6.45) is 0. The van der Waals surface area contributed by atoms with Gasteiger partial charge >= 0.3 is 0 Å². The zero-order valence-corrected chi connectivity index (χ0v) is 11.3. The molecule has 0 radical (unpaired) electrons. The van der Waals surface area contributed by atoms with Crippen LogP contribution in [0.1, 0.15) is 23.6 Å². The Morgan fingerprint density at radius 1 is 1.38 bits per heavy atom. The third-order valence-corrected chi connectivity index (χ3v) is 3.03. The van der Waals surface area contributed by atoms with Crippen molar-refractivity contribution in [3.8, 4) is 0 Å². The first-order valence-electron chi connectivity index (χ1n) is 4.77. The highest BCUT2D eigenvalue weighted by molar-refractivity contribution is 14.1. The van der Waals surface area contributed by atoms with Gasteiger partial charge in [0.2, 0.25) is 0 Å². The SMILES string of the molecule is Cc1c(C(C)(N)I)cccc1C(F)(F)CO. The highest BCUT2D eigenvalue weighted by atomic mass is 127. The number of alkyl halides is 3. The van der Waals surface area contributed by atoms with E-state index in [4.69, 9.17) is 10.8 Å². The molecule has 0 heterocycles. The number of aliphatic hydroxyl groups is 1. The Labute approximate surface area is 107 Å². The first kappa shape index (κ1) is 13.8. The van der Waals surface area contributed by atoms with Gasteiger partial charge in [-0.05, 0) is 25.0 Å². The fourth-order valence-electron chi connectivity index (χ4n) is 1.65. The topological polar surface area (TPSA) is 46.2 Å². The molecular formula is C11H14F2INO. The van der Waals surface area contributed by atoms with Crippen LogP contribution in [0.15, 0.2) is 18.2 Å². The van der Waals surface area contributed by atoms with E-state index in [0.717, 1.165) is 0 Å². The minimum Gasteiger partial charge on any atom is -0.390 e. The van der Waals surface area contributed by atoms with Crippen molar-refractivity contribution in [2.45, 2.75) is 23.3 Å². The Hall–Kier alpha value is -0.270. The lowest BCUT2D eigenvalue weighted by Gasteiger charge is -2.24. The first-order chi connectivity index (χ1) is 7.20. The predicted molar refractivity (Wildman–Crippen MR) is 67.7 cm³/mol. The molecule has 1 rings (SSSR count). The minimum absolute atomic E-state index is 0.166. The van der Waals surface area contributed by atoms with Crippen molar-refractivity contribution in [1.29, 1.82) is 0 Å². The molecule has 0 bridgehead atoms. The Balaban J connectivity index is 3.36. The van der Waals surface area contributed by atoms with Gasteiger partial charge in [-0.25, -0.2) is 0 Å². The second-order valence-corrected chi connectivity index (χ2v) is 6.16. The number of halogens is 3. The van der Waals surface area contributed by atoms with Crippen LogP contribution in [0.3, 0.4) is 0 Å². The van der Waals surface area contributed by atoms with E-state index < -0.39 is 16.1 Å². The summed E-state index contributed by atoms with van der Waals surface area (Å²) >= 11 is 2.00. The van der Waals surface area contributed by atoms with E-state index in [2.05, 4.69) is 0 Å². The molecule has 1 atom stereocenters. The van der Waals surface area contributed by atoms with E-state index in [1.807, 2.05) is 22.6 Å². The van der Waals surface area contributed by atoms with E-state index in [0.29, 0.717) is 11.1 Å². The van der Waals surface area contributed by atoms with Crippen molar-refractivity contribution in [2.75, 3.05) is 6.61 Å². The molecule has 1 unspecified atom stereocenters. The molecule has 0 aliphatic carbocycles. The molecular weight excluding hydrogens is 327 g/mol. The highest BCUT2D eigenvalue weighted by Crippen LogP contribution is 2.35. The summed E-state index contributed by atoms with van der Waals surface area (Å²) in [5.41, 5.74) is 6.81. The molecule has 5 heteroatoms. The van der Waals surface area contributed by atoms with E-state index in [9.17, 15) is 8.78 Å². The minimum atomic E-state index is -3.22. The van der Waals surface area contributed by atoms with Crippen molar-refractivity contribution in [3.63, 3.8) is 0 Å². The molecule has 0 spiro atoms. The van der Waals surface area contributed by atoms with E-state index >= 15 is 0 Å². The second kappa shape index (κ2) is 4.54. The monoisotopic (exact) mass is 341 g/mol. The van der Waals surface area contributed by atoms with Crippen LogP contribution in [0.25, 0.3) is 0 Å². The Morgan fingerprint density at radius 2 is 1.88 bits per heavy atom. The van der Waals surface area contributed by atoms with Gasteiger partial charge in [0.05, 0.1) is 3.55 Å². The number of hydrogen-bond acceptors (Lipinski definition) is 2. The fraction of sp³-hybridized carbons (Fsp3) is 0.455. The summed E-state index contributed by atoms with van der Waals surface area (Å²) in [6.45, 7) is 2.15. The van der Waals surface area contributed by atoms with Crippen molar-refractivity contribution in [2.24, 2.45) is 5.73 Å². The van der Waals surface area contributed by atoms with Crippen molar-refractivity contribution in [1.82, 2.24) is 0 Å². The molecule has 0 fully saturated rings. The lowest BCUT2D eigenvalue weighted by molar-refractivity contribution is -0.0561. The van der Waals surface area contributed by atoms with Gasteiger partial charge in [-0.3, -0.25) is 0 Å². The number of hydrogen-bond donors (Lipinski definition) is 2. The zero-order valence-electron chi connectivity index (χ0n) is 9.10.